The molecule has 1 heteroatoms. The van der Waals surface area contributed by atoms with Crippen molar-refractivity contribution in [3.63, 3.8) is 0 Å². The molecule has 0 spiro atoms. The minimum absolute atomic E-state index is 0.601. The lowest BCUT2D eigenvalue weighted by molar-refractivity contribution is 0.263. The van der Waals surface area contributed by atoms with Gasteiger partial charge < -0.3 is 0 Å². The van der Waals surface area contributed by atoms with Crippen LogP contribution in [0.2, 0.25) is 0 Å². The van der Waals surface area contributed by atoms with Crippen molar-refractivity contribution in [2.24, 2.45) is 0 Å². The maximum atomic E-state index is 2.56. The molecule has 1 fully saturated rings. The third-order valence-corrected chi connectivity index (χ3v) is 2.97. The van der Waals surface area contributed by atoms with Gasteiger partial charge in [-0.15, -0.1) is 0 Å². The Hall–Kier alpha value is -0.820. The van der Waals surface area contributed by atoms with Gasteiger partial charge in [0, 0.05) is 6.04 Å². The van der Waals surface area contributed by atoms with Crippen molar-refractivity contribution in [3.05, 3.63) is 35.9 Å². The van der Waals surface area contributed by atoms with E-state index in [1.165, 1.54) is 31.5 Å². The van der Waals surface area contributed by atoms with E-state index in [-0.39, 0.29) is 0 Å². The van der Waals surface area contributed by atoms with E-state index in [1.54, 1.807) is 0 Å². The first-order valence-corrected chi connectivity index (χ1v) is 6.17. The summed E-state index contributed by atoms with van der Waals surface area (Å²) in [5.74, 6) is 0. The number of benzene rings is 1. The highest BCUT2D eigenvalue weighted by molar-refractivity contribution is 5.18. The Balaban J connectivity index is 0.000000531. The van der Waals surface area contributed by atoms with E-state index in [9.17, 15) is 0 Å². The zero-order chi connectivity index (χ0) is 11.1. The molecule has 84 valence electrons. The van der Waals surface area contributed by atoms with Crippen molar-refractivity contribution in [2.75, 3.05) is 13.1 Å². The summed E-state index contributed by atoms with van der Waals surface area (Å²) < 4.78 is 0. The summed E-state index contributed by atoms with van der Waals surface area (Å²) in [6.45, 7) is 8.85. The number of hydrogen-bond acceptors (Lipinski definition) is 1. The molecule has 1 saturated heterocycles. The van der Waals surface area contributed by atoms with Crippen LogP contribution < -0.4 is 0 Å². The van der Waals surface area contributed by atoms with Gasteiger partial charge >= 0.3 is 0 Å². The van der Waals surface area contributed by atoms with Gasteiger partial charge in [-0.3, -0.25) is 4.90 Å². The molecule has 0 N–H and O–H groups in total. The Kier molecular flexibility index (Phi) is 5.41. The Morgan fingerprint density at radius 3 is 2.07 bits per heavy atom. The SMILES string of the molecule is CC.C[C@H](c1ccccc1)N1CCCC1. The molecule has 0 saturated carbocycles. The largest absolute Gasteiger partial charge is 0.297 e. The van der Waals surface area contributed by atoms with E-state index in [2.05, 4.69) is 42.2 Å². The predicted molar refractivity (Wildman–Crippen MR) is 67.0 cm³/mol. The first kappa shape index (κ1) is 12.3. The monoisotopic (exact) mass is 205 g/mol. The first-order valence-electron chi connectivity index (χ1n) is 6.17. The van der Waals surface area contributed by atoms with Crippen LogP contribution in [0.4, 0.5) is 0 Å². The van der Waals surface area contributed by atoms with Gasteiger partial charge in [-0.1, -0.05) is 44.2 Å². The molecule has 1 atom stereocenters. The van der Waals surface area contributed by atoms with E-state index in [1.807, 2.05) is 13.8 Å². The van der Waals surface area contributed by atoms with Crippen LogP contribution in [0.25, 0.3) is 0 Å². The topological polar surface area (TPSA) is 3.24 Å². The highest BCUT2D eigenvalue weighted by Gasteiger charge is 2.18. The Morgan fingerprint density at radius 1 is 1.00 bits per heavy atom. The van der Waals surface area contributed by atoms with Gasteiger partial charge in [-0.25, -0.2) is 0 Å². The molecule has 0 aromatic heterocycles. The Bertz CT molecular complexity index is 249. The summed E-state index contributed by atoms with van der Waals surface area (Å²) in [6.07, 6.45) is 2.74. The summed E-state index contributed by atoms with van der Waals surface area (Å²) in [5, 5.41) is 0. The highest BCUT2D eigenvalue weighted by Crippen LogP contribution is 2.23. The molecule has 1 aliphatic rings. The molecule has 0 aliphatic carbocycles. The third-order valence-electron chi connectivity index (χ3n) is 2.97. The van der Waals surface area contributed by atoms with Crippen LogP contribution in [0, 0.1) is 0 Å². The summed E-state index contributed by atoms with van der Waals surface area (Å²) >= 11 is 0. The summed E-state index contributed by atoms with van der Waals surface area (Å²) in [4.78, 5) is 2.56. The van der Waals surface area contributed by atoms with E-state index < -0.39 is 0 Å². The smallest absolute Gasteiger partial charge is 0.0319 e. The van der Waals surface area contributed by atoms with Gasteiger partial charge in [0.15, 0.2) is 0 Å². The van der Waals surface area contributed by atoms with Gasteiger partial charge in [0.25, 0.3) is 0 Å². The van der Waals surface area contributed by atoms with E-state index in [4.69, 9.17) is 0 Å². The van der Waals surface area contributed by atoms with Crippen LogP contribution in [0.15, 0.2) is 30.3 Å². The van der Waals surface area contributed by atoms with Crippen LogP contribution in [-0.4, -0.2) is 18.0 Å². The summed E-state index contributed by atoms with van der Waals surface area (Å²) in [5.41, 5.74) is 1.45. The number of hydrogen-bond donors (Lipinski definition) is 0. The lowest BCUT2D eigenvalue weighted by Gasteiger charge is -2.23. The van der Waals surface area contributed by atoms with Crippen molar-refractivity contribution in [1.82, 2.24) is 4.90 Å². The lowest BCUT2D eigenvalue weighted by atomic mass is 10.1. The molecule has 1 aromatic carbocycles. The van der Waals surface area contributed by atoms with Gasteiger partial charge in [0.05, 0.1) is 0 Å². The van der Waals surface area contributed by atoms with Gasteiger partial charge in [-0.2, -0.15) is 0 Å². The van der Waals surface area contributed by atoms with Crippen LogP contribution in [0.3, 0.4) is 0 Å². The van der Waals surface area contributed by atoms with Crippen molar-refractivity contribution >= 4 is 0 Å². The fourth-order valence-electron chi connectivity index (χ4n) is 2.07. The Morgan fingerprint density at radius 2 is 1.53 bits per heavy atom. The predicted octanol–water partition coefficient (Wildman–Crippen LogP) is 3.87. The maximum Gasteiger partial charge on any atom is 0.0319 e. The van der Waals surface area contributed by atoms with Crippen LogP contribution in [0.5, 0.6) is 0 Å². The molecule has 0 radical (unpaired) electrons. The Labute approximate surface area is 94.1 Å². The average Bonchev–Trinajstić information content (AvgIpc) is 2.85. The highest BCUT2D eigenvalue weighted by atomic mass is 15.2. The molecule has 15 heavy (non-hydrogen) atoms. The number of nitrogens with zero attached hydrogens (tertiary/aromatic N) is 1. The zero-order valence-electron chi connectivity index (χ0n) is 10.2. The van der Waals surface area contributed by atoms with Gasteiger partial charge in [-0.05, 0) is 38.4 Å². The zero-order valence-corrected chi connectivity index (χ0v) is 10.2. The van der Waals surface area contributed by atoms with Crippen molar-refractivity contribution in [3.8, 4) is 0 Å². The first-order chi connectivity index (χ1) is 7.38. The van der Waals surface area contributed by atoms with E-state index >= 15 is 0 Å². The maximum absolute atomic E-state index is 2.56. The molecule has 1 aliphatic heterocycles. The van der Waals surface area contributed by atoms with Crippen LogP contribution >= 0.6 is 0 Å². The minimum atomic E-state index is 0.601. The molecular weight excluding hydrogens is 182 g/mol. The molecular formula is C14H23N. The molecule has 1 nitrogen and oxygen atoms in total. The fourth-order valence-corrected chi connectivity index (χ4v) is 2.07. The van der Waals surface area contributed by atoms with Crippen LogP contribution in [0.1, 0.15) is 45.2 Å². The number of rotatable bonds is 2. The van der Waals surface area contributed by atoms with Crippen LogP contribution in [-0.2, 0) is 0 Å². The second kappa shape index (κ2) is 6.62. The van der Waals surface area contributed by atoms with E-state index in [0.29, 0.717) is 6.04 Å². The van der Waals surface area contributed by atoms with Gasteiger partial charge in [0.2, 0.25) is 0 Å². The normalized spacial score (nSPS) is 18.1. The quantitative estimate of drug-likeness (QED) is 0.708. The molecule has 1 aromatic rings. The van der Waals surface area contributed by atoms with Crippen molar-refractivity contribution in [1.29, 1.82) is 0 Å². The summed E-state index contributed by atoms with van der Waals surface area (Å²) in [6, 6.07) is 11.4. The molecule has 2 rings (SSSR count). The average molecular weight is 205 g/mol. The van der Waals surface area contributed by atoms with Crippen molar-refractivity contribution < 1.29 is 0 Å². The molecule has 1 heterocycles. The van der Waals surface area contributed by atoms with Gasteiger partial charge in [0.1, 0.15) is 0 Å². The van der Waals surface area contributed by atoms with Crippen molar-refractivity contribution in [2.45, 2.75) is 39.7 Å². The standard InChI is InChI=1S/C12H17N.C2H6/c1-11(13-9-5-6-10-13)12-7-3-2-4-8-12;1-2/h2-4,7-8,11H,5-6,9-10H2,1H3;1-2H3/t11-;/m1./s1. The minimum Gasteiger partial charge on any atom is -0.297 e. The number of likely N-dealkylation sites (tertiary alicyclic amines) is 1. The molecule has 0 bridgehead atoms. The fraction of sp³-hybridized carbons (Fsp3) is 0.571. The summed E-state index contributed by atoms with van der Waals surface area (Å²) in [7, 11) is 0. The van der Waals surface area contributed by atoms with E-state index in [0.717, 1.165) is 0 Å². The molecule has 0 unspecified atom stereocenters. The molecule has 0 amide bonds. The lowest BCUT2D eigenvalue weighted by Crippen LogP contribution is -2.22. The third kappa shape index (κ3) is 3.35. The second-order valence-corrected chi connectivity index (χ2v) is 3.83. The second-order valence-electron chi connectivity index (χ2n) is 3.83.